The molecule has 1 aromatic carbocycles. The number of aromatic nitrogens is 1. The van der Waals surface area contributed by atoms with E-state index in [1.807, 2.05) is 36.4 Å². The second-order valence-electron chi connectivity index (χ2n) is 3.33. The minimum atomic E-state index is -0.169. The van der Waals surface area contributed by atoms with E-state index >= 15 is 0 Å². The van der Waals surface area contributed by atoms with Gasteiger partial charge in [-0.2, -0.15) is 0 Å². The van der Waals surface area contributed by atoms with Gasteiger partial charge in [0.2, 0.25) is 0 Å². The summed E-state index contributed by atoms with van der Waals surface area (Å²) >= 11 is 6.00. The first-order valence-electron chi connectivity index (χ1n) is 4.60. The fourth-order valence-electron chi connectivity index (χ4n) is 1.44. The lowest BCUT2D eigenvalue weighted by molar-refractivity contribution is 0.861. The van der Waals surface area contributed by atoms with E-state index in [1.165, 1.54) is 4.57 Å². The van der Waals surface area contributed by atoms with Crippen LogP contribution in [0.5, 0.6) is 0 Å². The number of halogens is 1. The molecular weight excluding hydrogens is 210 g/mol. The lowest BCUT2D eigenvalue weighted by atomic mass is 10.1. The van der Waals surface area contributed by atoms with Crippen molar-refractivity contribution < 1.29 is 0 Å². The van der Waals surface area contributed by atoms with E-state index < -0.39 is 0 Å². The first-order valence-corrected chi connectivity index (χ1v) is 4.98. The zero-order valence-electron chi connectivity index (χ0n) is 8.27. The van der Waals surface area contributed by atoms with E-state index in [9.17, 15) is 4.79 Å². The number of rotatable bonds is 1. The molecule has 1 heterocycles. The van der Waals surface area contributed by atoms with Crippen molar-refractivity contribution in [2.75, 3.05) is 0 Å². The highest BCUT2D eigenvalue weighted by molar-refractivity contribution is 6.33. The summed E-state index contributed by atoms with van der Waals surface area (Å²) in [6.45, 7) is 0. The van der Waals surface area contributed by atoms with Crippen LogP contribution < -0.4 is 5.56 Å². The maximum Gasteiger partial charge on any atom is 0.269 e. The van der Waals surface area contributed by atoms with Gasteiger partial charge in [0.1, 0.15) is 5.02 Å². The Morgan fingerprint density at radius 3 is 2.47 bits per heavy atom. The summed E-state index contributed by atoms with van der Waals surface area (Å²) in [5.74, 6) is 0. The molecule has 0 radical (unpaired) electrons. The summed E-state index contributed by atoms with van der Waals surface area (Å²) in [4.78, 5) is 11.6. The van der Waals surface area contributed by atoms with Gasteiger partial charge in [-0.05, 0) is 11.6 Å². The zero-order chi connectivity index (χ0) is 10.8. The largest absolute Gasteiger partial charge is 0.317 e. The molecule has 3 heteroatoms. The Kier molecular flexibility index (Phi) is 2.60. The highest BCUT2D eigenvalue weighted by atomic mass is 35.5. The van der Waals surface area contributed by atoms with Crippen LogP contribution >= 0.6 is 11.6 Å². The quantitative estimate of drug-likeness (QED) is 0.723. The summed E-state index contributed by atoms with van der Waals surface area (Å²) in [5.41, 5.74) is 1.57. The normalized spacial score (nSPS) is 10.3. The van der Waals surface area contributed by atoms with Crippen LogP contribution in [0.25, 0.3) is 11.1 Å². The number of nitrogens with zero attached hydrogens (tertiary/aromatic N) is 1. The molecule has 0 saturated carbocycles. The number of hydrogen-bond donors (Lipinski definition) is 0. The molecule has 2 nitrogen and oxygen atoms in total. The second kappa shape index (κ2) is 3.91. The van der Waals surface area contributed by atoms with Crippen molar-refractivity contribution in [3.05, 3.63) is 58.0 Å². The highest BCUT2D eigenvalue weighted by Gasteiger charge is 2.07. The smallest absolute Gasteiger partial charge is 0.269 e. The third kappa shape index (κ3) is 1.81. The van der Waals surface area contributed by atoms with Crippen molar-refractivity contribution >= 4 is 11.6 Å². The lowest BCUT2D eigenvalue weighted by Gasteiger charge is -2.05. The lowest BCUT2D eigenvalue weighted by Crippen LogP contribution is -2.16. The minimum absolute atomic E-state index is 0.169. The Balaban J connectivity index is 2.66. The van der Waals surface area contributed by atoms with Crippen LogP contribution in [0.15, 0.2) is 47.4 Å². The standard InChI is InChI=1S/C12H10ClNO/c1-14-8-7-10(11(13)12(14)15)9-5-3-2-4-6-9/h2-8H,1H3. The maximum atomic E-state index is 11.6. The molecule has 0 aliphatic rings. The van der Waals surface area contributed by atoms with Gasteiger partial charge in [0.25, 0.3) is 5.56 Å². The molecule has 15 heavy (non-hydrogen) atoms. The number of aryl methyl sites for hydroxylation is 1. The molecule has 0 saturated heterocycles. The van der Waals surface area contributed by atoms with Crippen molar-refractivity contribution in [1.82, 2.24) is 4.57 Å². The van der Waals surface area contributed by atoms with Gasteiger partial charge in [0.15, 0.2) is 0 Å². The third-order valence-electron chi connectivity index (χ3n) is 2.29. The zero-order valence-corrected chi connectivity index (χ0v) is 9.03. The molecule has 0 fully saturated rings. The van der Waals surface area contributed by atoms with Gasteiger partial charge in [-0.25, -0.2) is 0 Å². The van der Waals surface area contributed by atoms with Crippen LogP contribution in [0.2, 0.25) is 5.02 Å². The molecule has 0 unspecified atom stereocenters. The fourth-order valence-corrected chi connectivity index (χ4v) is 1.74. The molecule has 0 aliphatic heterocycles. The molecular formula is C12H10ClNO. The van der Waals surface area contributed by atoms with E-state index in [4.69, 9.17) is 11.6 Å². The second-order valence-corrected chi connectivity index (χ2v) is 3.70. The number of benzene rings is 1. The van der Waals surface area contributed by atoms with Gasteiger partial charge in [0.05, 0.1) is 0 Å². The predicted octanol–water partition coefficient (Wildman–Crippen LogP) is 2.71. The minimum Gasteiger partial charge on any atom is -0.317 e. The van der Waals surface area contributed by atoms with Crippen molar-refractivity contribution in [2.24, 2.45) is 7.05 Å². The fraction of sp³-hybridized carbons (Fsp3) is 0.0833. The summed E-state index contributed by atoms with van der Waals surface area (Å²) < 4.78 is 1.47. The van der Waals surface area contributed by atoms with Crippen LogP contribution in [0.3, 0.4) is 0 Å². The van der Waals surface area contributed by atoms with Crippen molar-refractivity contribution in [2.45, 2.75) is 0 Å². The van der Waals surface area contributed by atoms with Crippen molar-refractivity contribution in [3.8, 4) is 11.1 Å². The first kappa shape index (κ1) is 9.99. The maximum absolute atomic E-state index is 11.6. The molecule has 1 aromatic heterocycles. The van der Waals surface area contributed by atoms with E-state index in [2.05, 4.69) is 0 Å². The van der Waals surface area contributed by atoms with Gasteiger partial charge in [-0.1, -0.05) is 41.9 Å². The van der Waals surface area contributed by atoms with Gasteiger partial charge in [-0.3, -0.25) is 4.79 Å². The molecule has 0 aliphatic carbocycles. The van der Waals surface area contributed by atoms with Gasteiger partial charge < -0.3 is 4.57 Å². The molecule has 0 amide bonds. The molecule has 0 N–H and O–H groups in total. The summed E-state index contributed by atoms with van der Waals surface area (Å²) in [6, 6.07) is 11.5. The molecule has 0 atom stereocenters. The topological polar surface area (TPSA) is 22.0 Å². The van der Waals surface area contributed by atoms with Crippen molar-refractivity contribution in [3.63, 3.8) is 0 Å². The molecule has 0 bridgehead atoms. The van der Waals surface area contributed by atoms with E-state index in [0.29, 0.717) is 0 Å². The Bertz CT molecular complexity index is 531. The van der Waals surface area contributed by atoms with Gasteiger partial charge in [-0.15, -0.1) is 0 Å². The number of hydrogen-bond acceptors (Lipinski definition) is 1. The molecule has 0 spiro atoms. The summed E-state index contributed by atoms with van der Waals surface area (Å²) in [5, 5.41) is 0.270. The van der Waals surface area contributed by atoms with E-state index in [-0.39, 0.29) is 10.6 Å². The molecule has 2 rings (SSSR count). The Hall–Kier alpha value is -1.54. The summed E-state index contributed by atoms with van der Waals surface area (Å²) in [6.07, 6.45) is 1.72. The first-order chi connectivity index (χ1) is 7.20. The van der Waals surface area contributed by atoms with Gasteiger partial charge >= 0.3 is 0 Å². The molecule has 2 aromatic rings. The van der Waals surface area contributed by atoms with Crippen LogP contribution in [-0.2, 0) is 7.05 Å². The predicted molar refractivity (Wildman–Crippen MR) is 62.1 cm³/mol. The SMILES string of the molecule is Cn1ccc(-c2ccccc2)c(Cl)c1=O. The van der Waals surface area contributed by atoms with Crippen LogP contribution in [-0.4, -0.2) is 4.57 Å². The number of pyridine rings is 1. The Labute approximate surface area is 92.7 Å². The summed E-state index contributed by atoms with van der Waals surface area (Å²) in [7, 11) is 1.68. The monoisotopic (exact) mass is 219 g/mol. The van der Waals surface area contributed by atoms with Crippen LogP contribution in [0.4, 0.5) is 0 Å². The average molecular weight is 220 g/mol. The van der Waals surface area contributed by atoms with E-state index in [0.717, 1.165) is 11.1 Å². The third-order valence-corrected chi connectivity index (χ3v) is 2.66. The van der Waals surface area contributed by atoms with E-state index in [1.54, 1.807) is 13.2 Å². The van der Waals surface area contributed by atoms with Crippen molar-refractivity contribution in [1.29, 1.82) is 0 Å². The Morgan fingerprint density at radius 1 is 1.13 bits per heavy atom. The molecule has 76 valence electrons. The average Bonchev–Trinajstić information content (AvgIpc) is 2.27. The van der Waals surface area contributed by atoms with Crippen LogP contribution in [0.1, 0.15) is 0 Å². The van der Waals surface area contributed by atoms with Crippen LogP contribution in [0, 0.1) is 0 Å². The Morgan fingerprint density at radius 2 is 1.80 bits per heavy atom. The van der Waals surface area contributed by atoms with Gasteiger partial charge in [0, 0.05) is 18.8 Å². The highest BCUT2D eigenvalue weighted by Crippen LogP contribution is 2.23.